The Morgan fingerprint density at radius 1 is 1.23 bits per heavy atom. The maximum Gasteiger partial charge on any atom is 0.228 e. The number of benzene rings is 1. The van der Waals surface area contributed by atoms with Crippen LogP contribution in [0.4, 0.5) is 5.69 Å². The average molecular weight is 354 g/mol. The van der Waals surface area contributed by atoms with E-state index < -0.39 is 22.9 Å². The van der Waals surface area contributed by atoms with Gasteiger partial charge in [0.25, 0.3) is 0 Å². The zero-order valence-electron chi connectivity index (χ0n) is 14.8. The monoisotopic (exact) mass is 354 g/mol. The Balaban J connectivity index is 1.67. The third kappa shape index (κ3) is 1.43. The molecular weight excluding hydrogens is 332 g/mol. The molecule has 0 radical (unpaired) electrons. The second kappa shape index (κ2) is 4.60. The van der Waals surface area contributed by atoms with Gasteiger partial charge in [-0.25, -0.2) is 4.85 Å². The highest BCUT2D eigenvalue weighted by molar-refractivity contribution is 5.70. The molecule has 1 saturated carbocycles. The van der Waals surface area contributed by atoms with E-state index in [0.29, 0.717) is 37.5 Å². The third-order valence-corrected chi connectivity index (χ3v) is 7.63. The van der Waals surface area contributed by atoms with E-state index in [0.717, 1.165) is 24.9 Å². The van der Waals surface area contributed by atoms with Gasteiger partial charge in [-0.1, -0.05) is 12.1 Å². The lowest BCUT2D eigenvalue weighted by molar-refractivity contribution is -0.295. The molecule has 2 bridgehead atoms. The molecule has 3 aliphatic heterocycles. The first-order chi connectivity index (χ1) is 12.6. The van der Waals surface area contributed by atoms with E-state index in [2.05, 4.69) is 22.9 Å². The van der Waals surface area contributed by atoms with Crippen LogP contribution in [0.2, 0.25) is 0 Å². The zero-order valence-corrected chi connectivity index (χ0v) is 14.8. The summed E-state index contributed by atoms with van der Waals surface area (Å²) in [6.07, 6.45) is 2.43. The molecule has 1 aromatic carbocycles. The number of nitrogens with zero attached hydrogens (tertiary/aromatic N) is 2. The maximum atomic E-state index is 12.1. The Bertz CT molecular complexity index is 858. The second-order valence-electron chi connectivity index (χ2n) is 8.41. The van der Waals surface area contributed by atoms with E-state index in [9.17, 15) is 5.11 Å². The summed E-state index contributed by atoms with van der Waals surface area (Å²) in [6, 6.07) is 3.97. The number of hydrogen-bond acceptors (Lipinski definition) is 5. The van der Waals surface area contributed by atoms with Gasteiger partial charge in [0.2, 0.25) is 11.5 Å². The number of piperidine rings is 1. The summed E-state index contributed by atoms with van der Waals surface area (Å²) in [4.78, 5) is 5.99. The molecule has 2 saturated heterocycles. The Hall–Kier alpha value is -1.65. The molecule has 6 rings (SSSR count). The predicted octanol–water partition coefficient (Wildman–Crippen LogP) is 1.76. The van der Waals surface area contributed by atoms with Crippen molar-refractivity contribution in [3.05, 3.63) is 34.7 Å². The molecule has 0 aromatic heterocycles. The highest BCUT2D eigenvalue weighted by Gasteiger charge is 2.76. The van der Waals surface area contributed by atoms with Gasteiger partial charge in [-0.05, 0) is 44.0 Å². The fraction of sp³-hybridized carbons (Fsp3) is 0.650. The van der Waals surface area contributed by atoms with Crippen molar-refractivity contribution >= 4 is 5.69 Å². The summed E-state index contributed by atoms with van der Waals surface area (Å²) >= 11 is 0. The number of fused-ring (bicyclic) bond motifs is 1. The Morgan fingerprint density at radius 3 is 2.81 bits per heavy atom. The van der Waals surface area contributed by atoms with Gasteiger partial charge in [0.05, 0.1) is 30.8 Å². The van der Waals surface area contributed by atoms with Gasteiger partial charge < -0.3 is 24.2 Å². The third-order valence-electron chi connectivity index (χ3n) is 7.63. The van der Waals surface area contributed by atoms with Crippen LogP contribution in [0, 0.1) is 6.57 Å². The van der Waals surface area contributed by atoms with Crippen LogP contribution in [0.15, 0.2) is 12.1 Å². The van der Waals surface area contributed by atoms with Crippen molar-refractivity contribution in [3.8, 4) is 5.75 Å². The normalized spacial score (nSPS) is 41.6. The molecule has 5 aliphatic rings. The van der Waals surface area contributed by atoms with Gasteiger partial charge in [-0.15, -0.1) is 0 Å². The largest absolute Gasteiger partial charge is 0.494 e. The molecule has 136 valence electrons. The van der Waals surface area contributed by atoms with Crippen molar-refractivity contribution in [1.82, 2.24) is 4.90 Å². The lowest BCUT2D eigenvalue weighted by Gasteiger charge is -2.64. The number of hydrogen-bond donors (Lipinski definition) is 1. The predicted molar refractivity (Wildman–Crippen MR) is 92.4 cm³/mol. The van der Waals surface area contributed by atoms with Gasteiger partial charge in [-0.2, -0.15) is 0 Å². The summed E-state index contributed by atoms with van der Waals surface area (Å²) in [5.41, 5.74) is 1.34. The van der Waals surface area contributed by atoms with Crippen molar-refractivity contribution in [3.63, 3.8) is 0 Å². The molecular formula is C20H22N2O4. The van der Waals surface area contributed by atoms with Crippen LogP contribution >= 0.6 is 0 Å². The van der Waals surface area contributed by atoms with Gasteiger partial charge in [0, 0.05) is 12.5 Å². The van der Waals surface area contributed by atoms with Crippen LogP contribution in [0.5, 0.6) is 5.75 Å². The average Bonchev–Trinajstić information content (AvgIpc) is 3.24. The quantitative estimate of drug-likeness (QED) is 0.720. The lowest BCUT2D eigenvalue weighted by Crippen LogP contribution is -2.79. The van der Waals surface area contributed by atoms with Gasteiger partial charge in [-0.3, -0.25) is 0 Å². The molecule has 3 fully saturated rings. The van der Waals surface area contributed by atoms with Crippen molar-refractivity contribution < 1.29 is 19.3 Å². The molecule has 26 heavy (non-hydrogen) atoms. The number of aliphatic hydroxyl groups is 1. The highest BCUT2D eigenvalue weighted by atomic mass is 16.8. The van der Waals surface area contributed by atoms with E-state index in [1.165, 1.54) is 5.56 Å². The summed E-state index contributed by atoms with van der Waals surface area (Å²) in [7, 11) is 2.10. The first-order valence-corrected chi connectivity index (χ1v) is 9.47. The summed E-state index contributed by atoms with van der Waals surface area (Å²) in [5, 5.41) is 12.1. The van der Waals surface area contributed by atoms with Crippen LogP contribution in [0.25, 0.3) is 4.85 Å². The molecule has 6 nitrogen and oxygen atoms in total. The Morgan fingerprint density at radius 2 is 2.04 bits per heavy atom. The summed E-state index contributed by atoms with van der Waals surface area (Å²) in [5.74, 6) is -0.149. The molecule has 1 N–H and O–H groups in total. The molecule has 0 amide bonds. The standard InChI is InChI=1S/C20H22N2O4/c1-21-13-4-3-12-11-14-19(23)5-6-20(24-9-10-25-20)17-18(19,7-8-22(14)2)15(12)16(13)26-17/h3-4,14,17,23H,5-11H2,2H3/t14-,17?,18+,19?/m1/s1. The smallest absolute Gasteiger partial charge is 0.228 e. The van der Waals surface area contributed by atoms with Crippen molar-refractivity contribution in [2.24, 2.45) is 0 Å². The number of rotatable bonds is 0. The molecule has 2 spiro atoms. The van der Waals surface area contributed by atoms with Crippen LogP contribution < -0.4 is 4.74 Å². The molecule has 2 aliphatic carbocycles. The minimum absolute atomic E-state index is 0.0540. The maximum absolute atomic E-state index is 12.1. The number of ether oxygens (including phenoxy) is 3. The lowest BCUT2D eigenvalue weighted by atomic mass is 9.48. The number of likely N-dealkylation sites (N-methyl/N-ethyl adjacent to an activating group) is 1. The van der Waals surface area contributed by atoms with E-state index in [1.807, 2.05) is 6.07 Å². The van der Waals surface area contributed by atoms with Crippen LogP contribution in [-0.2, 0) is 21.3 Å². The fourth-order valence-corrected chi connectivity index (χ4v) is 6.56. The van der Waals surface area contributed by atoms with Gasteiger partial charge >= 0.3 is 0 Å². The first-order valence-electron chi connectivity index (χ1n) is 9.47. The summed E-state index contributed by atoms with van der Waals surface area (Å²) < 4.78 is 18.7. The van der Waals surface area contributed by atoms with E-state index in [-0.39, 0.29) is 6.04 Å². The van der Waals surface area contributed by atoms with E-state index in [4.69, 9.17) is 20.8 Å². The van der Waals surface area contributed by atoms with Gasteiger partial charge in [0.15, 0.2) is 6.10 Å². The van der Waals surface area contributed by atoms with Crippen LogP contribution in [0.3, 0.4) is 0 Å². The fourth-order valence-electron chi connectivity index (χ4n) is 6.56. The van der Waals surface area contributed by atoms with Crippen LogP contribution in [-0.4, -0.2) is 60.3 Å². The van der Waals surface area contributed by atoms with Crippen molar-refractivity contribution in [2.45, 2.75) is 54.6 Å². The van der Waals surface area contributed by atoms with Crippen LogP contribution in [0.1, 0.15) is 30.4 Å². The Labute approximate surface area is 152 Å². The molecule has 2 unspecified atom stereocenters. The summed E-state index contributed by atoms with van der Waals surface area (Å²) in [6.45, 7) is 9.58. The van der Waals surface area contributed by atoms with E-state index in [1.54, 1.807) is 0 Å². The minimum atomic E-state index is -0.885. The van der Waals surface area contributed by atoms with Crippen molar-refractivity contribution in [1.29, 1.82) is 0 Å². The first kappa shape index (κ1) is 15.4. The Kier molecular flexibility index (Phi) is 2.73. The SMILES string of the molecule is [C-]#[N+]c1ccc2c3c1OC1C4(CCC5(O)[C@@H](C2)N(C)CC[C@]315)OCCO4. The molecule has 3 heterocycles. The minimum Gasteiger partial charge on any atom is -0.494 e. The molecule has 1 aromatic rings. The molecule has 4 atom stereocenters. The second-order valence-corrected chi connectivity index (χ2v) is 8.41. The van der Waals surface area contributed by atoms with Gasteiger partial charge in [0.1, 0.15) is 5.75 Å². The number of likely N-dealkylation sites (tertiary alicyclic amines) is 1. The molecule has 6 heteroatoms. The van der Waals surface area contributed by atoms with Crippen molar-refractivity contribution in [2.75, 3.05) is 26.8 Å². The van der Waals surface area contributed by atoms with E-state index >= 15 is 0 Å². The zero-order chi connectivity index (χ0) is 17.7. The topological polar surface area (TPSA) is 55.5 Å². The highest BCUT2D eigenvalue weighted by Crippen LogP contribution is 2.67.